The maximum absolute atomic E-state index is 9.29. The van der Waals surface area contributed by atoms with E-state index < -0.39 is 0 Å². The van der Waals surface area contributed by atoms with E-state index in [1.807, 2.05) is 18.7 Å². The molecular formula is C15H20N2S. The van der Waals surface area contributed by atoms with Crippen LogP contribution in [0.4, 0.5) is 0 Å². The van der Waals surface area contributed by atoms with Crippen LogP contribution in [0.3, 0.4) is 0 Å². The van der Waals surface area contributed by atoms with Gasteiger partial charge >= 0.3 is 0 Å². The van der Waals surface area contributed by atoms with Gasteiger partial charge in [-0.05, 0) is 44.7 Å². The van der Waals surface area contributed by atoms with Crippen LogP contribution in [0.5, 0.6) is 0 Å². The highest BCUT2D eigenvalue weighted by Gasteiger charge is 2.32. The van der Waals surface area contributed by atoms with Gasteiger partial charge in [-0.1, -0.05) is 18.2 Å². The van der Waals surface area contributed by atoms with Gasteiger partial charge < -0.3 is 0 Å². The summed E-state index contributed by atoms with van der Waals surface area (Å²) in [5.41, 5.74) is 0.952. The van der Waals surface area contributed by atoms with Crippen molar-refractivity contribution in [1.29, 1.82) is 5.26 Å². The molecule has 1 atom stereocenters. The van der Waals surface area contributed by atoms with Crippen LogP contribution in [-0.4, -0.2) is 17.3 Å². The van der Waals surface area contributed by atoms with Crippen molar-refractivity contribution in [3.63, 3.8) is 0 Å². The lowest BCUT2D eigenvalue weighted by Gasteiger charge is -2.23. The minimum Gasteiger partial charge on any atom is -0.297 e. The molecule has 0 aliphatic heterocycles. The van der Waals surface area contributed by atoms with E-state index in [0.29, 0.717) is 6.04 Å². The second-order valence-electron chi connectivity index (χ2n) is 5.23. The summed E-state index contributed by atoms with van der Waals surface area (Å²) in [5, 5.41) is 12.7. The molecular weight excluding hydrogens is 240 g/mol. The minimum absolute atomic E-state index is 0.364. The minimum atomic E-state index is -0.364. The molecule has 1 aliphatic carbocycles. The molecule has 18 heavy (non-hydrogen) atoms. The SMILES string of the molecule is Cc1ccccc1SCCC(C)(C#N)NC1CC1. The normalized spacial score (nSPS) is 18.1. The van der Waals surface area contributed by atoms with Crippen LogP contribution < -0.4 is 5.32 Å². The van der Waals surface area contributed by atoms with E-state index in [4.69, 9.17) is 0 Å². The van der Waals surface area contributed by atoms with E-state index in [9.17, 15) is 5.26 Å². The van der Waals surface area contributed by atoms with Gasteiger partial charge in [0.25, 0.3) is 0 Å². The molecule has 0 aromatic heterocycles. The molecule has 1 unspecified atom stereocenters. The first-order chi connectivity index (χ1) is 8.63. The van der Waals surface area contributed by atoms with E-state index in [0.717, 1.165) is 12.2 Å². The second kappa shape index (κ2) is 5.77. The lowest BCUT2D eigenvalue weighted by atomic mass is 10.0. The van der Waals surface area contributed by atoms with E-state index in [2.05, 4.69) is 42.6 Å². The number of benzene rings is 1. The number of aryl methyl sites for hydroxylation is 1. The van der Waals surface area contributed by atoms with Crippen molar-refractivity contribution >= 4 is 11.8 Å². The fourth-order valence-electron chi connectivity index (χ4n) is 1.92. The van der Waals surface area contributed by atoms with Crippen LogP contribution >= 0.6 is 11.8 Å². The number of nitriles is 1. The van der Waals surface area contributed by atoms with Crippen LogP contribution in [-0.2, 0) is 0 Å². The zero-order valence-corrected chi connectivity index (χ0v) is 11.9. The first kappa shape index (κ1) is 13.5. The Morgan fingerprint density at radius 1 is 1.44 bits per heavy atom. The Morgan fingerprint density at radius 3 is 2.78 bits per heavy atom. The van der Waals surface area contributed by atoms with Gasteiger partial charge in [0.05, 0.1) is 6.07 Å². The molecule has 96 valence electrons. The zero-order chi connectivity index (χ0) is 13.0. The highest BCUT2D eigenvalue weighted by atomic mass is 32.2. The van der Waals surface area contributed by atoms with Crippen molar-refractivity contribution in [2.45, 2.75) is 49.6 Å². The fourth-order valence-corrected chi connectivity index (χ4v) is 3.12. The summed E-state index contributed by atoms with van der Waals surface area (Å²) in [6, 6.07) is 11.4. The molecule has 1 aliphatic rings. The average molecular weight is 260 g/mol. The van der Waals surface area contributed by atoms with Crippen molar-refractivity contribution in [3.05, 3.63) is 29.8 Å². The summed E-state index contributed by atoms with van der Waals surface area (Å²) < 4.78 is 0. The maximum atomic E-state index is 9.29. The number of nitrogens with one attached hydrogen (secondary N) is 1. The van der Waals surface area contributed by atoms with Crippen molar-refractivity contribution in [3.8, 4) is 6.07 Å². The standard InChI is InChI=1S/C15H20N2S/c1-12-5-3-4-6-14(12)18-10-9-15(2,11-16)17-13-7-8-13/h3-6,13,17H,7-10H2,1-2H3. The van der Waals surface area contributed by atoms with Gasteiger partial charge in [0.15, 0.2) is 0 Å². The summed E-state index contributed by atoms with van der Waals surface area (Å²) in [6.45, 7) is 4.15. The molecule has 0 radical (unpaired) electrons. The first-order valence-corrected chi connectivity index (χ1v) is 7.49. The third kappa shape index (κ3) is 3.76. The molecule has 1 saturated carbocycles. The smallest absolute Gasteiger partial charge is 0.104 e. The molecule has 1 aromatic carbocycles. The predicted octanol–water partition coefficient (Wildman–Crippen LogP) is 3.51. The summed E-state index contributed by atoms with van der Waals surface area (Å²) >= 11 is 1.85. The number of thioether (sulfide) groups is 1. The van der Waals surface area contributed by atoms with Gasteiger partial charge in [-0.3, -0.25) is 5.32 Å². The lowest BCUT2D eigenvalue weighted by Crippen LogP contribution is -2.42. The van der Waals surface area contributed by atoms with Crippen LogP contribution in [0.25, 0.3) is 0 Å². The Hall–Kier alpha value is -0.980. The number of hydrogen-bond donors (Lipinski definition) is 1. The summed E-state index contributed by atoms with van der Waals surface area (Å²) in [5.74, 6) is 0.981. The molecule has 0 saturated heterocycles. The van der Waals surface area contributed by atoms with Gasteiger partial charge in [-0.25, -0.2) is 0 Å². The molecule has 1 N–H and O–H groups in total. The van der Waals surface area contributed by atoms with Crippen LogP contribution in [0, 0.1) is 18.3 Å². The fraction of sp³-hybridized carbons (Fsp3) is 0.533. The molecule has 1 fully saturated rings. The topological polar surface area (TPSA) is 35.8 Å². The van der Waals surface area contributed by atoms with Crippen LogP contribution in [0.2, 0.25) is 0 Å². The predicted molar refractivity (Wildman–Crippen MR) is 76.7 cm³/mol. The molecule has 2 nitrogen and oxygen atoms in total. The molecule has 1 aromatic rings. The van der Waals surface area contributed by atoms with Crippen LogP contribution in [0.1, 0.15) is 31.7 Å². The van der Waals surface area contributed by atoms with Gasteiger partial charge in [0.1, 0.15) is 5.54 Å². The Balaban J connectivity index is 1.83. The molecule has 0 amide bonds. The zero-order valence-electron chi connectivity index (χ0n) is 11.1. The maximum Gasteiger partial charge on any atom is 0.104 e. The summed E-state index contributed by atoms with van der Waals surface area (Å²) in [4.78, 5) is 1.32. The van der Waals surface area contributed by atoms with Gasteiger partial charge in [-0.15, -0.1) is 11.8 Å². The third-order valence-corrected chi connectivity index (χ3v) is 4.48. The second-order valence-corrected chi connectivity index (χ2v) is 6.36. The largest absolute Gasteiger partial charge is 0.297 e. The monoisotopic (exact) mass is 260 g/mol. The first-order valence-electron chi connectivity index (χ1n) is 6.50. The van der Waals surface area contributed by atoms with Crippen molar-refractivity contribution in [1.82, 2.24) is 5.32 Å². The number of rotatable bonds is 6. The summed E-state index contributed by atoms with van der Waals surface area (Å²) in [6.07, 6.45) is 3.34. The molecule has 3 heteroatoms. The number of nitrogens with zero attached hydrogens (tertiary/aromatic N) is 1. The van der Waals surface area contributed by atoms with E-state index in [-0.39, 0.29) is 5.54 Å². The Bertz CT molecular complexity index is 448. The lowest BCUT2D eigenvalue weighted by molar-refractivity contribution is 0.434. The Kier molecular flexibility index (Phi) is 4.31. The van der Waals surface area contributed by atoms with E-state index in [1.54, 1.807) is 0 Å². The van der Waals surface area contributed by atoms with Crippen LogP contribution in [0.15, 0.2) is 29.2 Å². The van der Waals surface area contributed by atoms with E-state index >= 15 is 0 Å². The molecule has 0 heterocycles. The Labute approximate surface area is 114 Å². The van der Waals surface area contributed by atoms with Crippen molar-refractivity contribution < 1.29 is 0 Å². The molecule has 0 bridgehead atoms. The average Bonchev–Trinajstić information content (AvgIpc) is 3.15. The van der Waals surface area contributed by atoms with Gasteiger partial charge in [-0.2, -0.15) is 5.26 Å². The third-order valence-electron chi connectivity index (χ3n) is 3.30. The molecule has 2 rings (SSSR count). The highest BCUT2D eigenvalue weighted by molar-refractivity contribution is 7.99. The number of hydrogen-bond acceptors (Lipinski definition) is 3. The van der Waals surface area contributed by atoms with E-state index in [1.165, 1.54) is 23.3 Å². The van der Waals surface area contributed by atoms with Crippen molar-refractivity contribution in [2.24, 2.45) is 0 Å². The van der Waals surface area contributed by atoms with Gasteiger partial charge in [0, 0.05) is 16.7 Å². The quantitative estimate of drug-likeness (QED) is 0.795. The van der Waals surface area contributed by atoms with Crippen molar-refractivity contribution in [2.75, 3.05) is 5.75 Å². The summed E-state index contributed by atoms with van der Waals surface area (Å²) in [7, 11) is 0. The highest BCUT2D eigenvalue weighted by Crippen LogP contribution is 2.27. The molecule has 0 spiro atoms. The Morgan fingerprint density at radius 2 is 2.17 bits per heavy atom. The van der Waals surface area contributed by atoms with Gasteiger partial charge in [0.2, 0.25) is 0 Å².